The summed E-state index contributed by atoms with van der Waals surface area (Å²) in [6, 6.07) is 11.8. The lowest BCUT2D eigenvalue weighted by atomic mass is 10.1. The maximum atomic E-state index is 12.4. The zero-order valence-corrected chi connectivity index (χ0v) is 17.1. The van der Waals surface area contributed by atoms with E-state index in [0.717, 1.165) is 38.2 Å². The second-order valence-electron chi connectivity index (χ2n) is 6.60. The zero-order chi connectivity index (χ0) is 20.4. The van der Waals surface area contributed by atoms with E-state index in [1.165, 1.54) is 11.3 Å². The molecule has 0 unspecified atom stereocenters. The third kappa shape index (κ3) is 4.04. The van der Waals surface area contributed by atoms with Crippen molar-refractivity contribution < 1.29 is 4.79 Å². The first-order valence-electron chi connectivity index (χ1n) is 9.05. The molecule has 0 spiro atoms. The Labute approximate surface area is 171 Å². The number of carbonyl (C=O) groups excluding carboxylic acids is 1. The van der Waals surface area contributed by atoms with Crippen LogP contribution in [-0.2, 0) is 6.54 Å². The lowest BCUT2D eigenvalue weighted by Gasteiger charge is -2.04. The average molecular weight is 405 g/mol. The van der Waals surface area contributed by atoms with Gasteiger partial charge in [-0.2, -0.15) is 0 Å². The van der Waals surface area contributed by atoms with E-state index in [2.05, 4.69) is 30.8 Å². The lowest BCUT2D eigenvalue weighted by Crippen LogP contribution is -2.23. The number of aryl methyl sites for hydroxylation is 3. The van der Waals surface area contributed by atoms with Crippen LogP contribution in [0.25, 0.3) is 16.3 Å². The fourth-order valence-electron chi connectivity index (χ4n) is 2.90. The predicted octanol–water partition coefficient (Wildman–Crippen LogP) is 3.04. The second-order valence-corrected chi connectivity index (χ2v) is 7.67. The van der Waals surface area contributed by atoms with Crippen LogP contribution in [0.1, 0.15) is 32.4 Å². The average Bonchev–Trinajstić information content (AvgIpc) is 3.36. The highest BCUT2D eigenvalue weighted by atomic mass is 32.1. The summed E-state index contributed by atoms with van der Waals surface area (Å²) in [5.74, 6) is -0.318. The smallest absolute Gasteiger partial charge is 0.273 e. The Balaban J connectivity index is 1.43. The van der Waals surface area contributed by atoms with Crippen LogP contribution < -0.4 is 5.32 Å². The van der Waals surface area contributed by atoms with Gasteiger partial charge in [0.25, 0.3) is 5.91 Å². The van der Waals surface area contributed by atoms with Crippen molar-refractivity contribution in [3.63, 3.8) is 0 Å². The van der Waals surface area contributed by atoms with Gasteiger partial charge in [-0.25, -0.2) is 4.68 Å². The predicted molar refractivity (Wildman–Crippen MR) is 110 cm³/mol. The van der Waals surface area contributed by atoms with Crippen LogP contribution in [-0.4, -0.2) is 36.1 Å². The van der Waals surface area contributed by atoms with Gasteiger partial charge in [0, 0.05) is 11.3 Å². The summed E-state index contributed by atoms with van der Waals surface area (Å²) in [5.41, 5.74) is 4.94. The Morgan fingerprint density at radius 2 is 1.90 bits per heavy atom. The van der Waals surface area contributed by atoms with Crippen molar-refractivity contribution in [3.05, 3.63) is 70.2 Å². The van der Waals surface area contributed by atoms with E-state index in [-0.39, 0.29) is 18.1 Å². The molecule has 29 heavy (non-hydrogen) atoms. The highest BCUT2D eigenvalue weighted by Gasteiger charge is 2.14. The van der Waals surface area contributed by atoms with E-state index in [1.54, 1.807) is 10.9 Å². The van der Waals surface area contributed by atoms with E-state index >= 15 is 0 Å². The summed E-state index contributed by atoms with van der Waals surface area (Å²) >= 11 is 1.46. The summed E-state index contributed by atoms with van der Waals surface area (Å²) in [6.45, 7) is 6.13. The Hall–Kier alpha value is -3.46. The number of nitrogens with one attached hydrogen (secondary N) is 1. The molecule has 4 aromatic rings. The first-order valence-corrected chi connectivity index (χ1v) is 9.86. The Bertz CT molecular complexity index is 1180. The van der Waals surface area contributed by atoms with Crippen LogP contribution in [0, 0.1) is 20.8 Å². The van der Waals surface area contributed by atoms with Gasteiger partial charge in [0.15, 0.2) is 5.69 Å². The SMILES string of the molecule is Cc1ccc(-n2cc(C(=O)NCc3nnc(-c4ccccc4C)s3)nn2)c(C)n1. The van der Waals surface area contributed by atoms with Crippen molar-refractivity contribution in [2.45, 2.75) is 27.3 Å². The molecule has 1 aromatic carbocycles. The minimum atomic E-state index is -0.318. The Morgan fingerprint density at radius 3 is 2.69 bits per heavy atom. The molecule has 3 heterocycles. The van der Waals surface area contributed by atoms with Gasteiger partial charge < -0.3 is 5.32 Å². The van der Waals surface area contributed by atoms with Gasteiger partial charge in [-0.3, -0.25) is 9.78 Å². The number of benzene rings is 1. The minimum Gasteiger partial charge on any atom is -0.344 e. The monoisotopic (exact) mass is 405 g/mol. The third-order valence-corrected chi connectivity index (χ3v) is 5.37. The quantitative estimate of drug-likeness (QED) is 0.548. The van der Waals surface area contributed by atoms with Crippen molar-refractivity contribution in [1.82, 2.24) is 35.5 Å². The van der Waals surface area contributed by atoms with Gasteiger partial charge in [-0.1, -0.05) is 40.8 Å². The molecule has 0 aliphatic carbocycles. The number of rotatable bonds is 5. The first kappa shape index (κ1) is 18.9. The molecule has 4 rings (SSSR count). The largest absolute Gasteiger partial charge is 0.344 e. The fourth-order valence-corrected chi connectivity index (χ4v) is 3.77. The third-order valence-electron chi connectivity index (χ3n) is 4.41. The molecule has 8 nitrogen and oxygen atoms in total. The molecule has 3 aromatic heterocycles. The maximum Gasteiger partial charge on any atom is 0.273 e. The molecule has 0 aliphatic rings. The number of amides is 1. The van der Waals surface area contributed by atoms with Crippen LogP contribution in [0.2, 0.25) is 0 Å². The van der Waals surface area contributed by atoms with E-state index in [9.17, 15) is 4.79 Å². The molecule has 0 atom stereocenters. The molecule has 0 fully saturated rings. The van der Waals surface area contributed by atoms with Crippen LogP contribution >= 0.6 is 11.3 Å². The van der Waals surface area contributed by atoms with E-state index in [4.69, 9.17) is 0 Å². The van der Waals surface area contributed by atoms with Crippen molar-refractivity contribution in [1.29, 1.82) is 0 Å². The van der Waals surface area contributed by atoms with Crippen molar-refractivity contribution in [2.24, 2.45) is 0 Å². The zero-order valence-electron chi connectivity index (χ0n) is 16.2. The van der Waals surface area contributed by atoms with E-state index < -0.39 is 0 Å². The second kappa shape index (κ2) is 7.88. The summed E-state index contributed by atoms with van der Waals surface area (Å²) in [5, 5.41) is 20.8. The molecule has 0 bridgehead atoms. The van der Waals surface area contributed by atoms with Gasteiger partial charge in [-0.15, -0.1) is 15.3 Å². The molecule has 1 amide bonds. The number of pyridine rings is 1. The molecule has 0 saturated heterocycles. The normalized spacial score (nSPS) is 10.9. The lowest BCUT2D eigenvalue weighted by molar-refractivity contribution is 0.0945. The van der Waals surface area contributed by atoms with Gasteiger partial charge in [0.2, 0.25) is 0 Å². The van der Waals surface area contributed by atoms with Crippen molar-refractivity contribution in [3.8, 4) is 16.3 Å². The van der Waals surface area contributed by atoms with Crippen molar-refractivity contribution >= 4 is 17.2 Å². The maximum absolute atomic E-state index is 12.4. The molecule has 0 radical (unpaired) electrons. The number of hydrogen-bond donors (Lipinski definition) is 1. The topological polar surface area (TPSA) is 98.5 Å². The highest BCUT2D eigenvalue weighted by Crippen LogP contribution is 2.26. The number of carbonyl (C=O) groups is 1. The standard InChI is InChI=1S/C20H19N7OS/c1-12-6-4-5-7-15(12)20-25-24-18(29-20)10-21-19(28)16-11-27(26-23-16)17-9-8-13(2)22-14(17)3/h4-9,11H,10H2,1-3H3,(H,21,28). The summed E-state index contributed by atoms with van der Waals surface area (Å²) in [6.07, 6.45) is 1.59. The summed E-state index contributed by atoms with van der Waals surface area (Å²) < 4.78 is 1.55. The summed E-state index contributed by atoms with van der Waals surface area (Å²) in [7, 11) is 0. The van der Waals surface area contributed by atoms with Crippen LogP contribution in [0.3, 0.4) is 0 Å². The van der Waals surface area contributed by atoms with Gasteiger partial charge in [0.1, 0.15) is 10.0 Å². The van der Waals surface area contributed by atoms with E-state index in [0.29, 0.717) is 0 Å². The Kier molecular flexibility index (Phi) is 5.13. The van der Waals surface area contributed by atoms with Gasteiger partial charge >= 0.3 is 0 Å². The molecule has 1 N–H and O–H groups in total. The molecular weight excluding hydrogens is 386 g/mol. The van der Waals surface area contributed by atoms with Gasteiger partial charge in [0.05, 0.1) is 24.1 Å². The Morgan fingerprint density at radius 1 is 1.07 bits per heavy atom. The minimum absolute atomic E-state index is 0.230. The molecular formula is C20H19N7OS. The highest BCUT2D eigenvalue weighted by molar-refractivity contribution is 7.14. The number of nitrogens with zero attached hydrogens (tertiary/aromatic N) is 6. The molecule has 9 heteroatoms. The van der Waals surface area contributed by atoms with E-state index in [1.807, 2.05) is 57.2 Å². The molecule has 0 aliphatic heterocycles. The van der Waals surface area contributed by atoms with Crippen molar-refractivity contribution in [2.75, 3.05) is 0 Å². The first-order chi connectivity index (χ1) is 14.0. The summed E-state index contributed by atoms with van der Waals surface area (Å²) in [4.78, 5) is 16.9. The number of hydrogen-bond acceptors (Lipinski definition) is 7. The van der Waals surface area contributed by atoms with Crippen LogP contribution in [0.15, 0.2) is 42.6 Å². The number of aromatic nitrogens is 6. The van der Waals surface area contributed by atoms with Crippen LogP contribution in [0.5, 0.6) is 0 Å². The molecule has 146 valence electrons. The molecule has 0 saturated carbocycles. The van der Waals surface area contributed by atoms with Crippen LogP contribution in [0.4, 0.5) is 0 Å². The fraction of sp³-hybridized carbons (Fsp3) is 0.200. The van der Waals surface area contributed by atoms with Gasteiger partial charge in [-0.05, 0) is 38.5 Å².